The zero-order valence-electron chi connectivity index (χ0n) is 16.5. The Labute approximate surface area is 187 Å². The predicted octanol–water partition coefficient (Wildman–Crippen LogP) is 3.24. The number of benzene rings is 2. The third-order valence-corrected chi connectivity index (χ3v) is 5.10. The molecule has 0 saturated carbocycles. The Hall–Kier alpha value is -2.26. The van der Waals surface area contributed by atoms with Crippen LogP contribution in [0.25, 0.3) is 5.69 Å². The summed E-state index contributed by atoms with van der Waals surface area (Å²) in [5.41, 5.74) is 2.84. The third-order valence-electron chi connectivity index (χ3n) is 5.10. The van der Waals surface area contributed by atoms with Crippen LogP contribution in [0.5, 0.6) is 5.75 Å². The monoisotopic (exact) mass is 454 g/mol. The molecule has 1 aliphatic rings. The van der Waals surface area contributed by atoms with Crippen LogP contribution in [0.1, 0.15) is 30.0 Å². The van der Waals surface area contributed by atoms with Gasteiger partial charge < -0.3 is 15.4 Å². The van der Waals surface area contributed by atoms with E-state index in [9.17, 15) is 4.39 Å². The lowest BCUT2D eigenvalue weighted by Crippen LogP contribution is -2.45. The predicted molar refractivity (Wildman–Crippen MR) is 117 cm³/mol. The van der Waals surface area contributed by atoms with Crippen molar-refractivity contribution in [3.63, 3.8) is 0 Å². The minimum absolute atomic E-state index is 0. The van der Waals surface area contributed by atoms with Crippen LogP contribution in [0.4, 0.5) is 4.39 Å². The number of halogens is 3. The summed E-state index contributed by atoms with van der Waals surface area (Å²) in [5, 5.41) is 18.5. The van der Waals surface area contributed by atoms with Crippen molar-refractivity contribution >= 4 is 24.8 Å². The number of rotatable bonds is 6. The summed E-state index contributed by atoms with van der Waals surface area (Å²) in [6.45, 7) is 1.55. The summed E-state index contributed by atoms with van der Waals surface area (Å²) in [6.07, 6.45) is 3.65. The molecule has 0 amide bonds. The van der Waals surface area contributed by atoms with E-state index in [4.69, 9.17) is 4.74 Å². The van der Waals surface area contributed by atoms with Crippen LogP contribution in [0.15, 0.2) is 48.8 Å². The molecule has 3 aromatic rings. The van der Waals surface area contributed by atoms with Gasteiger partial charge in [0.2, 0.25) is 0 Å². The molecule has 4 rings (SSSR count). The average Bonchev–Trinajstić information content (AvgIpc) is 3.27. The first-order valence-corrected chi connectivity index (χ1v) is 9.37. The molecule has 2 atom stereocenters. The Morgan fingerprint density at radius 2 is 2.10 bits per heavy atom. The van der Waals surface area contributed by atoms with Crippen molar-refractivity contribution in [2.45, 2.75) is 31.5 Å². The molecule has 2 aromatic carbocycles. The highest BCUT2D eigenvalue weighted by molar-refractivity contribution is 5.85. The molecule has 0 radical (unpaired) electrons. The molecular weight excluding hydrogens is 430 g/mol. The maximum atomic E-state index is 13.7. The minimum atomic E-state index is -0.209. The van der Waals surface area contributed by atoms with Crippen molar-refractivity contribution in [2.24, 2.45) is 0 Å². The van der Waals surface area contributed by atoms with Gasteiger partial charge in [0.05, 0.1) is 12.8 Å². The normalized spacial score (nSPS) is 18.2. The zero-order valence-corrected chi connectivity index (χ0v) is 18.1. The van der Waals surface area contributed by atoms with Gasteiger partial charge in [0.15, 0.2) is 0 Å². The molecule has 7 nitrogen and oxygen atoms in total. The first kappa shape index (κ1) is 24.0. The van der Waals surface area contributed by atoms with E-state index in [1.807, 2.05) is 24.3 Å². The Morgan fingerprint density at radius 3 is 2.83 bits per heavy atom. The second-order valence-corrected chi connectivity index (χ2v) is 6.87. The smallest absolute Gasteiger partial charge is 0.143 e. The Kier molecular flexibility index (Phi) is 8.98. The molecule has 10 heteroatoms. The van der Waals surface area contributed by atoms with Gasteiger partial charge in [-0.3, -0.25) is 0 Å². The Bertz CT molecular complexity index is 927. The molecule has 0 unspecified atom stereocenters. The van der Waals surface area contributed by atoms with E-state index in [-0.39, 0.29) is 42.7 Å². The lowest BCUT2D eigenvalue weighted by molar-refractivity contribution is 0.302. The van der Waals surface area contributed by atoms with E-state index < -0.39 is 0 Å². The first-order chi connectivity index (χ1) is 13.7. The van der Waals surface area contributed by atoms with Crippen LogP contribution in [-0.4, -0.2) is 39.9 Å². The molecule has 0 aliphatic carbocycles. The number of nitrogens with zero attached hydrogens (tertiary/aromatic N) is 4. The van der Waals surface area contributed by atoms with Crippen molar-refractivity contribution in [3.8, 4) is 11.4 Å². The van der Waals surface area contributed by atoms with Crippen molar-refractivity contribution < 1.29 is 9.13 Å². The van der Waals surface area contributed by atoms with Gasteiger partial charge in [0, 0.05) is 24.2 Å². The fourth-order valence-corrected chi connectivity index (χ4v) is 3.72. The van der Waals surface area contributed by atoms with Crippen LogP contribution in [-0.2, 0) is 6.54 Å². The van der Waals surface area contributed by atoms with Gasteiger partial charge in [-0.15, -0.1) is 29.9 Å². The van der Waals surface area contributed by atoms with Crippen molar-refractivity contribution in [3.05, 3.63) is 65.7 Å². The Balaban J connectivity index is 0.00000160. The highest BCUT2D eigenvalue weighted by Gasteiger charge is 2.26. The Morgan fingerprint density at radius 1 is 1.23 bits per heavy atom. The average molecular weight is 455 g/mol. The number of nitrogens with one attached hydrogen (secondary N) is 2. The van der Waals surface area contributed by atoms with Crippen LogP contribution in [0.3, 0.4) is 0 Å². The number of methoxy groups -OCH3 is 1. The fourth-order valence-electron chi connectivity index (χ4n) is 3.72. The molecule has 162 valence electrons. The topological polar surface area (TPSA) is 76.9 Å². The zero-order chi connectivity index (χ0) is 19.3. The third kappa shape index (κ3) is 5.46. The van der Waals surface area contributed by atoms with Crippen LogP contribution in [0.2, 0.25) is 0 Å². The summed E-state index contributed by atoms with van der Waals surface area (Å²) in [7, 11) is 1.66. The molecule has 2 heterocycles. The van der Waals surface area contributed by atoms with E-state index in [1.54, 1.807) is 30.3 Å². The second kappa shape index (κ2) is 11.2. The van der Waals surface area contributed by atoms with E-state index in [0.29, 0.717) is 6.54 Å². The van der Waals surface area contributed by atoms with Gasteiger partial charge in [-0.1, -0.05) is 12.1 Å². The fraction of sp³-hybridized carbons (Fsp3) is 0.350. The second-order valence-electron chi connectivity index (χ2n) is 6.87. The SMILES string of the molecule is COc1ccc(-n2cnnn2)cc1CN[C@H]1CCCN[C@H]1c1cccc(F)c1.Cl.Cl. The summed E-state index contributed by atoms with van der Waals surface area (Å²) >= 11 is 0. The van der Waals surface area contributed by atoms with Crippen LogP contribution < -0.4 is 15.4 Å². The van der Waals surface area contributed by atoms with E-state index in [0.717, 1.165) is 42.0 Å². The van der Waals surface area contributed by atoms with E-state index in [2.05, 4.69) is 26.2 Å². The molecular formula is C20H25Cl2FN6O. The van der Waals surface area contributed by atoms with E-state index in [1.165, 1.54) is 6.07 Å². The molecule has 1 aliphatic heterocycles. The molecule has 2 N–H and O–H groups in total. The summed E-state index contributed by atoms with van der Waals surface area (Å²) < 4.78 is 20.8. The number of aromatic nitrogens is 4. The molecule has 1 aromatic heterocycles. The quantitative estimate of drug-likeness (QED) is 0.595. The lowest BCUT2D eigenvalue weighted by atomic mass is 9.92. The summed E-state index contributed by atoms with van der Waals surface area (Å²) in [5.74, 6) is 0.592. The van der Waals surface area contributed by atoms with Crippen molar-refractivity contribution in [2.75, 3.05) is 13.7 Å². The molecule has 1 saturated heterocycles. The maximum absolute atomic E-state index is 13.7. The van der Waals surface area contributed by atoms with Gasteiger partial charge in [0.25, 0.3) is 0 Å². The number of hydrogen-bond acceptors (Lipinski definition) is 6. The summed E-state index contributed by atoms with van der Waals surface area (Å²) in [4.78, 5) is 0. The molecule has 1 fully saturated rings. The van der Waals surface area contributed by atoms with E-state index >= 15 is 0 Å². The van der Waals surface area contributed by atoms with Crippen LogP contribution in [0, 0.1) is 5.82 Å². The molecule has 0 spiro atoms. The van der Waals surface area contributed by atoms with Crippen molar-refractivity contribution in [1.29, 1.82) is 0 Å². The maximum Gasteiger partial charge on any atom is 0.143 e. The standard InChI is InChI=1S/C20H23FN6O.2ClH/c1-28-19-8-7-17(27-13-24-25-26-27)11-15(19)12-23-18-6-3-9-22-20(18)14-4-2-5-16(21)10-14;;/h2,4-5,7-8,10-11,13,18,20,22-23H,3,6,9,12H2,1H3;2*1H/t18-,20-;;/m0../s1. The first-order valence-electron chi connectivity index (χ1n) is 9.37. The van der Waals surface area contributed by atoms with Gasteiger partial charge in [0.1, 0.15) is 17.9 Å². The largest absolute Gasteiger partial charge is 0.496 e. The number of hydrogen-bond donors (Lipinski definition) is 2. The number of piperidine rings is 1. The highest BCUT2D eigenvalue weighted by atomic mass is 35.5. The van der Waals surface area contributed by atoms with Gasteiger partial charge in [-0.05, 0) is 65.7 Å². The lowest BCUT2D eigenvalue weighted by Gasteiger charge is -2.34. The number of ether oxygens (including phenoxy) is 1. The van der Waals surface area contributed by atoms with Gasteiger partial charge >= 0.3 is 0 Å². The summed E-state index contributed by atoms with van der Waals surface area (Å²) in [6, 6.07) is 12.9. The van der Waals surface area contributed by atoms with Crippen LogP contribution >= 0.6 is 24.8 Å². The van der Waals surface area contributed by atoms with Crippen molar-refractivity contribution in [1.82, 2.24) is 30.8 Å². The minimum Gasteiger partial charge on any atom is -0.496 e. The van der Waals surface area contributed by atoms with Gasteiger partial charge in [-0.2, -0.15) is 0 Å². The molecule has 30 heavy (non-hydrogen) atoms. The number of tetrazole rings is 1. The van der Waals surface area contributed by atoms with Gasteiger partial charge in [-0.25, -0.2) is 9.07 Å². The molecule has 0 bridgehead atoms. The highest BCUT2D eigenvalue weighted by Crippen LogP contribution is 2.26.